The van der Waals surface area contributed by atoms with E-state index in [1.54, 1.807) is 29.2 Å². The number of phenols is 1. The molecule has 0 aliphatic carbocycles. The largest absolute Gasteiger partial charge is 0.508 e. The molecule has 0 radical (unpaired) electrons. The van der Waals surface area contributed by atoms with Crippen LogP contribution in [0.4, 0.5) is 16.2 Å². The van der Waals surface area contributed by atoms with Crippen LogP contribution in [0.25, 0.3) is 0 Å². The van der Waals surface area contributed by atoms with Gasteiger partial charge in [0.05, 0.1) is 6.54 Å². The minimum absolute atomic E-state index is 0.0971. The van der Waals surface area contributed by atoms with E-state index in [1.165, 1.54) is 6.92 Å². The van der Waals surface area contributed by atoms with Gasteiger partial charge in [0.1, 0.15) is 23.7 Å². The summed E-state index contributed by atoms with van der Waals surface area (Å²) in [4.78, 5) is 27.2. The Kier molecular flexibility index (Phi) is 6.27. The Labute approximate surface area is 181 Å². The number of rotatable bonds is 6. The number of nitrogens with zero attached hydrogens (tertiary/aromatic N) is 2. The van der Waals surface area contributed by atoms with E-state index in [2.05, 4.69) is 10.2 Å². The van der Waals surface area contributed by atoms with Gasteiger partial charge in [0.15, 0.2) is 0 Å². The average Bonchev–Trinajstić information content (AvgIpc) is 3.11. The second-order valence-electron chi connectivity index (χ2n) is 7.96. The number of nitrogens with one attached hydrogen (secondary N) is 1. The fraction of sp³-hybridized carbons (Fsp3) is 0.391. The van der Waals surface area contributed by atoms with Gasteiger partial charge in [-0.05, 0) is 61.4 Å². The Balaban J connectivity index is 1.23. The lowest BCUT2D eigenvalue weighted by molar-refractivity contribution is -0.114. The van der Waals surface area contributed by atoms with Crippen LogP contribution in [0.15, 0.2) is 48.5 Å². The van der Waals surface area contributed by atoms with E-state index >= 15 is 0 Å². The van der Waals surface area contributed by atoms with E-state index in [9.17, 15) is 14.7 Å². The lowest BCUT2D eigenvalue weighted by Crippen LogP contribution is -2.42. The van der Waals surface area contributed by atoms with E-state index < -0.39 is 0 Å². The molecule has 0 spiro atoms. The summed E-state index contributed by atoms with van der Waals surface area (Å²) in [7, 11) is 0. The number of amides is 2. The van der Waals surface area contributed by atoms with Crippen molar-refractivity contribution in [1.82, 2.24) is 4.90 Å². The zero-order valence-corrected chi connectivity index (χ0v) is 17.5. The van der Waals surface area contributed by atoms with Crippen molar-refractivity contribution < 1.29 is 24.2 Å². The Hall–Kier alpha value is -3.26. The highest BCUT2D eigenvalue weighted by Gasteiger charge is 2.34. The van der Waals surface area contributed by atoms with Crippen LogP contribution in [0.5, 0.6) is 11.5 Å². The van der Waals surface area contributed by atoms with Crippen LogP contribution < -0.4 is 15.0 Å². The number of benzene rings is 2. The molecule has 2 aliphatic rings. The number of carbonyl (C=O) groups excluding carboxylic acids is 2. The second kappa shape index (κ2) is 9.26. The van der Waals surface area contributed by atoms with Crippen LogP contribution in [0.2, 0.25) is 0 Å². The number of aromatic hydroxyl groups is 1. The molecule has 1 atom stereocenters. The van der Waals surface area contributed by atoms with Crippen molar-refractivity contribution in [3.05, 3.63) is 48.5 Å². The molecule has 0 bridgehead atoms. The number of piperidine rings is 1. The third-order valence-corrected chi connectivity index (χ3v) is 5.51. The Morgan fingerprint density at radius 1 is 1.13 bits per heavy atom. The van der Waals surface area contributed by atoms with E-state index in [1.807, 2.05) is 24.3 Å². The Morgan fingerprint density at radius 2 is 1.81 bits per heavy atom. The fourth-order valence-electron chi connectivity index (χ4n) is 3.97. The lowest BCUT2D eigenvalue weighted by Gasteiger charge is -2.33. The summed E-state index contributed by atoms with van der Waals surface area (Å²) in [5.74, 6) is 0.864. The highest BCUT2D eigenvalue weighted by molar-refractivity contribution is 5.90. The number of cyclic esters (lactones) is 1. The van der Waals surface area contributed by atoms with Gasteiger partial charge >= 0.3 is 6.09 Å². The summed E-state index contributed by atoms with van der Waals surface area (Å²) in [6, 6.07) is 14.0. The van der Waals surface area contributed by atoms with E-state index in [0.29, 0.717) is 13.1 Å². The molecule has 8 nitrogen and oxygen atoms in total. The van der Waals surface area contributed by atoms with Gasteiger partial charge in [-0.2, -0.15) is 0 Å². The van der Waals surface area contributed by atoms with Crippen molar-refractivity contribution in [3.63, 3.8) is 0 Å². The van der Waals surface area contributed by atoms with Gasteiger partial charge in [-0.15, -0.1) is 0 Å². The molecule has 0 aromatic heterocycles. The maximum atomic E-state index is 12.2. The first-order valence-electron chi connectivity index (χ1n) is 10.5. The lowest BCUT2D eigenvalue weighted by atomic mass is 10.1. The van der Waals surface area contributed by atoms with Crippen LogP contribution in [-0.4, -0.2) is 60.4 Å². The number of hydrogen-bond acceptors (Lipinski definition) is 6. The van der Waals surface area contributed by atoms with Gasteiger partial charge in [-0.1, -0.05) is 0 Å². The summed E-state index contributed by atoms with van der Waals surface area (Å²) in [5.41, 5.74) is 1.48. The van der Waals surface area contributed by atoms with Crippen molar-refractivity contribution in [2.24, 2.45) is 0 Å². The summed E-state index contributed by atoms with van der Waals surface area (Å²) in [6.45, 7) is 4.43. The number of phenolic OH excluding ortho intramolecular Hbond substituents is 1. The van der Waals surface area contributed by atoms with Gasteiger partial charge < -0.3 is 19.9 Å². The van der Waals surface area contributed by atoms with Crippen LogP contribution in [0, 0.1) is 0 Å². The molecule has 2 aromatic rings. The minimum Gasteiger partial charge on any atom is -0.508 e. The molecule has 2 amide bonds. The summed E-state index contributed by atoms with van der Waals surface area (Å²) < 4.78 is 11.6. The fourth-order valence-corrected chi connectivity index (χ4v) is 3.97. The van der Waals surface area contributed by atoms with Crippen LogP contribution in [0.1, 0.15) is 19.8 Å². The number of ether oxygens (including phenoxy) is 2. The molecule has 2 fully saturated rings. The maximum absolute atomic E-state index is 12.2. The Morgan fingerprint density at radius 3 is 2.45 bits per heavy atom. The van der Waals surface area contributed by atoms with Crippen molar-refractivity contribution in [2.45, 2.75) is 32.0 Å². The summed E-state index contributed by atoms with van der Waals surface area (Å²) in [6.07, 6.45) is 1.41. The third-order valence-electron chi connectivity index (χ3n) is 5.51. The van der Waals surface area contributed by atoms with Crippen LogP contribution >= 0.6 is 0 Å². The predicted molar refractivity (Wildman–Crippen MR) is 117 cm³/mol. The topological polar surface area (TPSA) is 91.3 Å². The van der Waals surface area contributed by atoms with Crippen molar-refractivity contribution in [3.8, 4) is 11.5 Å². The molecular formula is C23H27N3O5. The first-order valence-corrected chi connectivity index (χ1v) is 10.5. The van der Waals surface area contributed by atoms with Gasteiger partial charge in [0, 0.05) is 37.9 Å². The van der Waals surface area contributed by atoms with Crippen LogP contribution in [0.3, 0.4) is 0 Å². The zero-order chi connectivity index (χ0) is 21.8. The molecule has 2 N–H and O–H groups in total. The molecule has 2 aliphatic heterocycles. The second-order valence-corrected chi connectivity index (χ2v) is 7.96. The maximum Gasteiger partial charge on any atom is 0.414 e. The van der Waals surface area contributed by atoms with Gasteiger partial charge in [-0.3, -0.25) is 14.6 Å². The summed E-state index contributed by atoms with van der Waals surface area (Å²) >= 11 is 0. The van der Waals surface area contributed by atoms with E-state index in [0.717, 1.165) is 43.1 Å². The molecule has 1 unspecified atom stereocenters. The van der Waals surface area contributed by atoms with Crippen molar-refractivity contribution in [1.29, 1.82) is 0 Å². The van der Waals surface area contributed by atoms with E-state index in [-0.39, 0.29) is 30.0 Å². The standard InChI is InChI=1S/C23H27N3O5/c1-16(27)24-17-2-8-20(9-3-17)30-21-10-12-25(13-11-21)14-22-15-26(23(29)31-22)18-4-6-19(28)7-5-18/h2-9,21-22,28H,10-15H2,1H3,(H,24,27). The molecule has 4 rings (SSSR count). The molecule has 2 heterocycles. The van der Waals surface area contributed by atoms with Crippen molar-refractivity contribution in [2.75, 3.05) is 36.4 Å². The van der Waals surface area contributed by atoms with Gasteiger partial charge in [0.25, 0.3) is 0 Å². The monoisotopic (exact) mass is 425 g/mol. The van der Waals surface area contributed by atoms with Gasteiger partial charge in [-0.25, -0.2) is 4.79 Å². The van der Waals surface area contributed by atoms with E-state index in [4.69, 9.17) is 9.47 Å². The number of likely N-dealkylation sites (tertiary alicyclic amines) is 1. The minimum atomic E-state index is -0.350. The number of hydrogen-bond donors (Lipinski definition) is 2. The quantitative estimate of drug-likeness (QED) is 0.739. The number of carbonyl (C=O) groups is 2. The Bertz CT molecular complexity index is 908. The molecular weight excluding hydrogens is 398 g/mol. The number of anilines is 2. The average molecular weight is 425 g/mol. The van der Waals surface area contributed by atoms with Crippen molar-refractivity contribution >= 4 is 23.4 Å². The van der Waals surface area contributed by atoms with Crippen LogP contribution in [-0.2, 0) is 9.53 Å². The molecule has 2 aromatic carbocycles. The first kappa shape index (κ1) is 21.0. The highest BCUT2D eigenvalue weighted by Crippen LogP contribution is 2.25. The predicted octanol–water partition coefficient (Wildman–Crippen LogP) is 3.22. The molecule has 2 saturated heterocycles. The first-order chi connectivity index (χ1) is 15.0. The molecule has 164 valence electrons. The third kappa shape index (κ3) is 5.46. The smallest absolute Gasteiger partial charge is 0.414 e. The zero-order valence-electron chi connectivity index (χ0n) is 17.5. The molecule has 0 saturated carbocycles. The normalized spacial score (nSPS) is 19.8. The highest BCUT2D eigenvalue weighted by atomic mass is 16.6. The molecule has 31 heavy (non-hydrogen) atoms. The summed E-state index contributed by atoms with van der Waals surface area (Å²) in [5, 5.41) is 12.2. The molecule has 8 heteroatoms. The SMILES string of the molecule is CC(=O)Nc1ccc(OC2CCN(CC3CN(c4ccc(O)cc4)C(=O)O3)CC2)cc1. The van der Waals surface area contributed by atoms with Gasteiger partial charge in [0.2, 0.25) is 5.91 Å².